The minimum absolute atomic E-state index is 0.0740. The smallest absolute Gasteiger partial charge is 0.337 e. The number of carboxylic acid groups (broad SMARTS) is 1. The Labute approximate surface area is 126 Å². The highest BCUT2D eigenvalue weighted by Crippen LogP contribution is 2.20. The van der Waals surface area contributed by atoms with Crippen molar-refractivity contribution in [3.63, 3.8) is 0 Å². The summed E-state index contributed by atoms with van der Waals surface area (Å²) in [6.45, 7) is 3.41. The molecule has 0 spiro atoms. The van der Waals surface area contributed by atoms with Crippen molar-refractivity contribution in [1.82, 2.24) is 4.98 Å². The Bertz CT molecular complexity index is 729. The molecule has 0 fully saturated rings. The average molecular weight is 305 g/mol. The molecule has 1 aromatic carbocycles. The lowest BCUT2D eigenvalue weighted by Crippen LogP contribution is -2.15. The number of nitrogens with zero attached hydrogens (tertiary/aromatic N) is 1. The summed E-state index contributed by atoms with van der Waals surface area (Å²) in [5.74, 6) is -1.49. The quantitative estimate of drug-likeness (QED) is 0.912. The molecule has 0 saturated heterocycles. The number of pyridine rings is 1. The van der Waals surface area contributed by atoms with Crippen molar-refractivity contribution in [3.05, 3.63) is 57.9 Å². The lowest BCUT2D eigenvalue weighted by molar-refractivity contribution is 0.0695. The molecule has 2 N–H and O–H groups in total. The van der Waals surface area contributed by atoms with E-state index in [0.717, 1.165) is 5.56 Å². The number of aromatic nitrogens is 1. The monoisotopic (exact) mass is 304 g/mol. The Kier molecular flexibility index (Phi) is 4.23. The lowest BCUT2D eigenvalue weighted by Gasteiger charge is -2.08. The highest BCUT2D eigenvalue weighted by molar-refractivity contribution is 6.31. The zero-order chi connectivity index (χ0) is 15.6. The van der Waals surface area contributed by atoms with Crippen molar-refractivity contribution in [2.75, 3.05) is 5.32 Å². The van der Waals surface area contributed by atoms with Crippen LogP contribution in [0.3, 0.4) is 0 Å². The van der Waals surface area contributed by atoms with Crippen LogP contribution in [0.15, 0.2) is 30.3 Å². The van der Waals surface area contributed by atoms with Crippen LogP contribution in [0.5, 0.6) is 0 Å². The number of hydrogen-bond acceptors (Lipinski definition) is 3. The van der Waals surface area contributed by atoms with E-state index in [1.165, 1.54) is 12.1 Å². The second-order valence-corrected chi connectivity index (χ2v) is 4.96. The normalized spacial score (nSPS) is 10.2. The highest BCUT2D eigenvalue weighted by Gasteiger charge is 2.13. The first-order valence-corrected chi connectivity index (χ1v) is 6.54. The van der Waals surface area contributed by atoms with E-state index in [4.69, 9.17) is 16.7 Å². The molecule has 0 radical (unpaired) electrons. The molecule has 108 valence electrons. The number of halogens is 1. The van der Waals surface area contributed by atoms with Crippen LogP contribution in [0.1, 0.15) is 32.1 Å². The Hall–Kier alpha value is -2.40. The predicted octanol–water partition coefficient (Wildman–Crippen LogP) is 3.30. The van der Waals surface area contributed by atoms with E-state index in [-0.39, 0.29) is 17.0 Å². The van der Waals surface area contributed by atoms with Gasteiger partial charge in [-0.2, -0.15) is 0 Å². The van der Waals surface area contributed by atoms with Gasteiger partial charge >= 0.3 is 5.97 Å². The van der Waals surface area contributed by atoms with Crippen molar-refractivity contribution in [2.24, 2.45) is 0 Å². The van der Waals surface area contributed by atoms with Gasteiger partial charge in [0.15, 0.2) is 0 Å². The van der Waals surface area contributed by atoms with Crippen LogP contribution in [-0.4, -0.2) is 22.0 Å². The fourth-order valence-corrected chi connectivity index (χ4v) is 1.96. The maximum absolute atomic E-state index is 12.1. The van der Waals surface area contributed by atoms with Gasteiger partial charge in [-0.15, -0.1) is 0 Å². The second-order valence-electron chi connectivity index (χ2n) is 4.55. The van der Waals surface area contributed by atoms with Gasteiger partial charge in [-0.3, -0.25) is 4.79 Å². The number of amides is 1. The molecule has 0 unspecified atom stereocenters. The van der Waals surface area contributed by atoms with E-state index in [1.54, 1.807) is 25.1 Å². The number of anilines is 1. The summed E-state index contributed by atoms with van der Waals surface area (Å²) in [5, 5.41) is 12.2. The molecule has 1 heterocycles. The highest BCUT2D eigenvalue weighted by atomic mass is 35.5. The van der Waals surface area contributed by atoms with Gasteiger partial charge in [0.05, 0.1) is 11.3 Å². The molecule has 0 saturated carbocycles. The first-order valence-electron chi connectivity index (χ1n) is 6.17. The molecule has 0 aliphatic rings. The first kappa shape index (κ1) is 15.0. The Morgan fingerprint density at radius 3 is 2.48 bits per heavy atom. The molecule has 21 heavy (non-hydrogen) atoms. The largest absolute Gasteiger partial charge is 0.478 e. The summed E-state index contributed by atoms with van der Waals surface area (Å²) in [7, 11) is 0. The van der Waals surface area contributed by atoms with Crippen molar-refractivity contribution >= 4 is 29.2 Å². The third kappa shape index (κ3) is 3.38. The summed E-state index contributed by atoms with van der Waals surface area (Å²) in [5.41, 5.74) is 1.98. The van der Waals surface area contributed by atoms with Gasteiger partial charge in [0.25, 0.3) is 5.91 Å². The summed E-state index contributed by atoms with van der Waals surface area (Å²) < 4.78 is 0. The fraction of sp³-hybridized carbons (Fsp3) is 0.133. The van der Waals surface area contributed by atoms with E-state index in [0.29, 0.717) is 10.7 Å². The minimum Gasteiger partial charge on any atom is -0.478 e. The van der Waals surface area contributed by atoms with E-state index in [1.807, 2.05) is 6.92 Å². The Morgan fingerprint density at radius 2 is 1.90 bits per heavy atom. The number of carboxylic acids is 1. The third-order valence-corrected chi connectivity index (χ3v) is 3.39. The molecule has 2 rings (SSSR count). The van der Waals surface area contributed by atoms with Crippen LogP contribution in [0.2, 0.25) is 5.02 Å². The van der Waals surface area contributed by atoms with E-state index in [2.05, 4.69) is 10.3 Å². The molecule has 0 atom stereocenters. The maximum Gasteiger partial charge on any atom is 0.337 e. The number of carbonyl (C=O) groups is 2. The summed E-state index contributed by atoms with van der Waals surface area (Å²) in [4.78, 5) is 27.0. The number of aryl methyl sites for hydroxylation is 2. The zero-order valence-electron chi connectivity index (χ0n) is 11.5. The molecule has 0 bridgehead atoms. The van der Waals surface area contributed by atoms with Crippen molar-refractivity contribution < 1.29 is 14.7 Å². The molecule has 1 aromatic heterocycles. The van der Waals surface area contributed by atoms with Crippen LogP contribution in [0, 0.1) is 13.8 Å². The van der Waals surface area contributed by atoms with Gasteiger partial charge in [-0.1, -0.05) is 17.7 Å². The van der Waals surface area contributed by atoms with Gasteiger partial charge < -0.3 is 10.4 Å². The summed E-state index contributed by atoms with van der Waals surface area (Å²) >= 11 is 5.99. The molecule has 1 amide bonds. The van der Waals surface area contributed by atoms with Gasteiger partial charge in [0, 0.05) is 10.7 Å². The molecule has 2 aromatic rings. The van der Waals surface area contributed by atoms with Crippen molar-refractivity contribution in [2.45, 2.75) is 13.8 Å². The number of carbonyl (C=O) groups excluding carboxylic acids is 1. The van der Waals surface area contributed by atoms with Gasteiger partial charge in [-0.05, 0) is 43.7 Å². The lowest BCUT2D eigenvalue weighted by atomic mass is 10.2. The Morgan fingerprint density at radius 1 is 1.19 bits per heavy atom. The summed E-state index contributed by atoms with van der Waals surface area (Å²) in [6, 6.07) is 7.91. The summed E-state index contributed by atoms with van der Waals surface area (Å²) in [6.07, 6.45) is 0. The first-order chi connectivity index (χ1) is 9.88. The van der Waals surface area contributed by atoms with E-state index < -0.39 is 11.9 Å². The van der Waals surface area contributed by atoms with E-state index >= 15 is 0 Å². The molecular weight excluding hydrogens is 292 g/mol. The number of hydrogen-bond donors (Lipinski definition) is 2. The standard InChI is InChI=1S/C15H13ClN2O3/c1-8-3-4-10(7-12(8)16)18-14(19)13-6-5-11(15(20)21)9(2)17-13/h3-7H,1-2H3,(H,18,19)(H,20,21). The third-order valence-electron chi connectivity index (χ3n) is 2.98. The van der Waals surface area contributed by atoms with Crippen LogP contribution in [0.4, 0.5) is 5.69 Å². The molecule has 0 aliphatic heterocycles. The van der Waals surface area contributed by atoms with Gasteiger partial charge in [-0.25, -0.2) is 9.78 Å². The maximum atomic E-state index is 12.1. The Balaban J connectivity index is 2.22. The van der Waals surface area contributed by atoms with E-state index in [9.17, 15) is 9.59 Å². The predicted molar refractivity (Wildman–Crippen MR) is 80.1 cm³/mol. The molecule has 0 aliphatic carbocycles. The number of rotatable bonds is 3. The number of benzene rings is 1. The minimum atomic E-state index is -1.07. The van der Waals surface area contributed by atoms with Crippen LogP contribution in [-0.2, 0) is 0 Å². The van der Waals surface area contributed by atoms with Crippen molar-refractivity contribution in [3.8, 4) is 0 Å². The number of aromatic carboxylic acids is 1. The van der Waals surface area contributed by atoms with Crippen LogP contribution >= 0.6 is 11.6 Å². The second kappa shape index (κ2) is 5.93. The fourth-order valence-electron chi connectivity index (χ4n) is 1.78. The van der Waals surface area contributed by atoms with Crippen LogP contribution < -0.4 is 5.32 Å². The molecule has 5 nitrogen and oxygen atoms in total. The number of nitrogens with one attached hydrogen (secondary N) is 1. The topological polar surface area (TPSA) is 79.3 Å². The van der Waals surface area contributed by atoms with Crippen molar-refractivity contribution in [1.29, 1.82) is 0 Å². The van der Waals surface area contributed by atoms with Gasteiger partial charge in [0.1, 0.15) is 5.69 Å². The zero-order valence-corrected chi connectivity index (χ0v) is 12.2. The van der Waals surface area contributed by atoms with Gasteiger partial charge in [0.2, 0.25) is 0 Å². The molecular formula is C15H13ClN2O3. The SMILES string of the molecule is Cc1ccc(NC(=O)c2ccc(C(=O)O)c(C)n2)cc1Cl. The molecule has 6 heteroatoms. The van der Waals surface area contributed by atoms with Crippen LogP contribution in [0.25, 0.3) is 0 Å². The average Bonchev–Trinajstić information content (AvgIpc) is 2.42.